The summed E-state index contributed by atoms with van der Waals surface area (Å²) in [5.74, 6) is 2.16. The van der Waals surface area contributed by atoms with Crippen molar-refractivity contribution < 1.29 is 24.5 Å². The fourth-order valence-corrected chi connectivity index (χ4v) is 7.48. The lowest BCUT2D eigenvalue weighted by molar-refractivity contribution is -0.161. The molecule has 0 aromatic heterocycles. The van der Waals surface area contributed by atoms with E-state index in [0.717, 1.165) is 83.2 Å². The van der Waals surface area contributed by atoms with Gasteiger partial charge in [0.25, 0.3) is 0 Å². The Kier molecular flexibility index (Phi) is 8.54. The van der Waals surface area contributed by atoms with E-state index >= 15 is 0 Å². The van der Waals surface area contributed by atoms with Crippen LogP contribution in [0.4, 0.5) is 0 Å². The molecule has 0 amide bonds. The number of piperidine rings is 3. The molecule has 1 aromatic carbocycles. The predicted octanol–water partition coefficient (Wildman–Crippen LogP) is 4.14. The normalized spacial score (nSPS) is 33.6. The number of aliphatic hydroxyl groups is 2. The van der Waals surface area contributed by atoms with E-state index < -0.39 is 0 Å². The molecule has 3 saturated heterocycles. The van der Waals surface area contributed by atoms with Crippen LogP contribution in [0.15, 0.2) is 18.2 Å². The van der Waals surface area contributed by atoms with Crippen LogP contribution in [-0.4, -0.2) is 65.6 Å². The van der Waals surface area contributed by atoms with E-state index in [9.17, 15) is 15.0 Å². The minimum Gasteiger partial charge on any atom is -0.482 e. The average Bonchev–Trinajstić information content (AvgIpc) is 3.19. The molecule has 6 atom stereocenters. The van der Waals surface area contributed by atoms with Gasteiger partial charge in [-0.05, 0) is 105 Å². The number of ether oxygens (including phenoxy) is 2. The number of aliphatic hydroxyl groups excluding tert-OH is 2. The van der Waals surface area contributed by atoms with Gasteiger partial charge in [0, 0.05) is 6.54 Å². The summed E-state index contributed by atoms with van der Waals surface area (Å²) in [4.78, 5) is 15.0. The van der Waals surface area contributed by atoms with Crippen LogP contribution in [0.2, 0.25) is 0 Å². The second kappa shape index (κ2) is 11.8. The van der Waals surface area contributed by atoms with E-state index in [1.54, 1.807) is 0 Å². The smallest absolute Gasteiger partial charge is 0.344 e. The van der Waals surface area contributed by atoms with Gasteiger partial charge in [-0.25, -0.2) is 4.79 Å². The highest BCUT2D eigenvalue weighted by Crippen LogP contribution is 2.48. The second-order valence-electron chi connectivity index (χ2n) is 11.9. The molecule has 0 radical (unpaired) electrons. The summed E-state index contributed by atoms with van der Waals surface area (Å²) in [6.07, 6.45) is 10.3. The van der Waals surface area contributed by atoms with Gasteiger partial charge in [0.15, 0.2) is 6.61 Å². The van der Waals surface area contributed by atoms with Gasteiger partial charge >= 0.3 is 5.97 Å². The molecule has 2 aliphatic carbocycles. The Morgan fingerprint density at radius 2 is 1.97 bits per heavy atom. The standard InChI is InChI=1S/C30H45NO5/c1-2-3-4-7-23(32)9-10-24-25-15-21-6-5-8-28(26(21)16-22(25)17-27(24)33)35-19-30(34)36-29-18-31-13-11-20(29)12-14-31/h5-6,8,20,22-25,27,29,32-33H,2-4,7,9-19H2,1H3/t22-,23-,24+,25-,27+,29+/m0/s1. The molecule has 0 spiro atoms. The number of carbonyl (C=O) groups is 1. The van der Waals surface area contributed by atoms with Crippen LogP contribution in [0.1, 0.15) is 75.8 Å². The molecule has 36 heavy (non-hydrogen) atoms. The van der Waals surface area contributed by atoms with Crippen LogP contribution < -0.4 is 4.74 Å². The van der Waals surface area contributed by atoms with Gasteiger partial charge in [0.1, 0.15) is 11.9 Å². The largest absolute Gasteiger partial charge is 0.482 e. The topological polar surface area (TPSA) is 79.2 Å². The molecule has 1 aromatic rings. The molecule has 6 heteroatoms. The fourth-order valence-electron chi connectivity index (χ4n) is 7.48. The van der Waals surface area contributed by atoms with Gasteiger partial charge in [-0.1, -0.05) is 38.3 Å². The number of hydrogen-bond donors (Lipinski definition) is 2. The van der Waals surface area contributed by atoms with Crippen molar-refractivity contribution in [3.05, 3.63) is 29.3 Å². The summed E-state index contributed by atoms with van der Waals surface area (Å²) in [7, 11) is 0. The molecule has 5 aliphatic rings. The zero-order chi connectivity index (χ0) is 25.1. The molecule has 200 valence electrons. The lowest BCUT2D eigenvalue weighted by Gasteiger charge is -2.43. The summed E-state index contributed by atoms with van der Waals surface area (Å²) in [6, 6.07) is 6.16. The molecule has 4 fully saturated rings. The summed E-state index contributed by atoms with van der Waals surface area (Å²) in [5.41, 5.74) is 2.48. The third-order valence-electron chi connectivity index (χ3n) is 9.54. The summed E-state index contributed by atoms with van der Waals surface area (Å²) >= 11 is 0. The molecule has 2 N–H and O–H groups in total. The number of fused-ring (bicyclic) bond motifs is 5. The Bertz CT molecular complexity index is 882. The van der Waals surface area contributed by atoms with Crippen molar-refractivity contribution in [3.63, 3.8) is 0 Å². The highest BCUT2D eigenvalue weighted by molar-refractivity contribution is 5.71. The Morgan fingerprint density at radius 3 is 2.72 bits per heavy atom. The first-order valence-electron chi connectivity index (χ1n) is 14.5. The van der Waals surface area contributed by atoms with E-state index in [1.165, 1.54) is 24.0 Å². The van der Waals surface area contributed by atoms with Crippen molar-refractivity contribution in [3.8, 4) is 5.75 Å². The zero-order valence-corrected chi connectivity index (χ0v) is 21.9. The summed E-state index contributed by atoms with van der Waals surface area (Å²) < 4.78 is 11.8. The van der Waals surface area contributed by atoms with Gasteiger partial charge < -0.3 is 19.7 Å². The van der Waals surface area contributed by atoms with Crippen molar-refractivity contribution in [2.45, 2.75) is 95.9 Å². The monoisotopic (exact) mass is 499 g/mol. The number of esters is 1. The SMILES string of the molecule is CCCCC[C@H](O)CC[C@@H]1[C@H]2Cc3cccc(OCC(=O)O[C@@H]4CN5CCC4CC5)c3C[C@H]2C[C@H]1O. The van der Waals surface area contributed by atoms with Crippen LogP contribution >= 0.6 is 0 Å². The average molecular weight is 500 g/mol. The van der Waals surface area contributed by atoms with Crippen molar-refractivity contribution in [2.75, 3.05) is 26.2 Å². The van der Waals surface area contributed by atoms with Gasteiger partial charge in [0.2, 0.25) is 0 Å². The highest BCUT2D eigenvalue weighted by atomic mass is 16.6. The van der Waals surface area contributed by atoms with Crippen LogP contribution in [-0.2, 0) is 22.4 Å². The maximum Gasteiger partial charge on any atom is 0.344 e. The van der Waals surface area contributed by atoms with Crippen LogP contribution in [0.3, 0.4) is 0 Å². The lowest BCUT2D eigenvalue weighted by Crippen LogP contribution is -2.52. The van der Waals surface area contributed by atoms with Gasteiger partial charge in [0.05, 0.1) is 12.2 Å². The number of rotatable bonds is 11. The quantitative estimate of drug-likeness (QED) is 0.352. The molecular formula is C30H45NO5. The molecule has 1 saturated carbocycles. The number of carbonyl (C=O) groups excluding carboxylic acids is 1. The van der Waals surface area contributed by atoms with E-state index in [4.69, 9.17) is 9.47 Å². The number of benzene rings is 1. The van der Waals surface area contributed by atoms with Crippen molar-refractivity contribution in [2.24, 2.45) is 23.7 Å². The Hall–Kier alpha value is -1.63. The first-order chi connectivity index (χ1) is 17.5. The molecule has 2 bridgehead atoms. The number of nitrogens with zero attached hydrogens (tertiary/aromatic N) is 1. The number of unbranched alkanes of at least 4 members (excludes halogenated alkanes) is 2. The van der Waals surface area contributed by atoms with E-state index in [-0.39, 0.29) is 36.8 Å². The summed E-state index contributed by atoms with van der Waals surface area (Å²) in [5, 5.41) is 21.3. The lowest BCUT2D eigenvalue weighted by atomic mass is 9.73. The Morgan fingerprint density at radius 1 is 1.14 bits per heavy atom. The predicted molar refractivity (Wildman–Crippen MR) is 139 cm³/mol. The van der Waals surface area contributed by atoms with E-state index in [0.29, 0.717) is 17.8 Å². The minimum atomic E-state index is -0.293. The molecule has 3 aliphatic heterocycles. The Balaban J connectivity index is 1.15. The van der Waals surface area contributed by atoms with E-state index in [1.807, 2.05) is 12.1 Å². The van der Waals surface area contributed by atoms with Crippen molar-refractivity contribution in [1.29, 1.82) is 0 Å². The van der Waals surface area contributed by atoms with Crippen LogP contribution in [0.5, 0.6) is 5.75 Å². The fraction of sp³-hybridized carbons (Fsp3) is 0.767. The van der Waals surface area contributed by atoms with Crippen molar-refractivity contribution in [1.82, 2.24) is 4.90 Å². The first-order valence-corrected chi connectivity index (χ1v) is 14.5. The molecule has 6 rings (SSSR count). The van der Waals surface area contributed by atoms with E-state index in [2.05, 4.69) is 17.9 Å². The number of hydrogen-bond acceptors (Lipinski definition) is 6. The molecule has 6 nitrogen and oxygen atoms in total. The maximum absolute atomic E-state index is 12.6. The minimum absolute atomic E-state index is 0.0103. The third kappa shape index (κ3) is 5.92. The van der Waals surface area contributed by atoms with Crippen LogP contribution in [0.25, 0.3) is 0 Å². The van der Waals surface area contributed by atoms with Gasteiger partial charge in [-0.15, -0.1) is 0 Å². The summed E-state index contributed by atoms with van der Waals surface area (Å²) in [6.45, 7) is 5.25. The first kappa shape index (κ1) is 26.0. The molecule has 0 unspecified atom stereocenters. The molecular weight excluding hydrogens is 454 g/mol. The molecule has 3 heterocycles. The van der Waals surface area contributed by atoms with Crippen molar-refractivity contribution >= 4 is 5.97 Å². The third-order valence-corrected chi connectivity index (χ3v) is 9.54. The van der Waals surface area contributed by atoms with Crippen LogP contribution in [0, 0.1) is 23.7 Å². The Labute approximate surface area is 216 Å². The van der Waals surface area contributed by atoms with Gasteiger partial charge in [-0.3, -0.25) is 4.90 Å². The van der Waals surface area contributed by atoms with Gasteiger partial charge in [-0.2, -0.15) is 0 Å². The zero-order valence-electron chi connectivity index (χ0n) is 21.9. The maximum atomic E-state index is 12.6. The highest BCUT2D eigenvalue weighted by Gasteiger charge is 2.45. The second-order valence-corrected chi connectivity index (χ2v) is 11.9.